The lowest BCUT2D eigenvalue weighted by atomic mass is 9.86. The first-order valence-electron chi connectivity index (χ1n) is 7.96. The lowest BCUT2D eigenvalue weighted by Crippen LogP contribution is -2.57. The second-order valence-corrected chi connectivity index (χ2v) is 8.51. The molecule has 2 rings (SSSR count). The molecular weight excluding hydrogens is 282 g/mol. The molecule has 22 heavy (non-hydrogen) atoms. The third-order valence-corrected chi connectivity index (χ3v) is 4.35. The van der Waals surface area contributed by atoms with Crippen molar-refractivity contribution >= 4 is 12.0 Å². The fraction of sp³-hybridized carbons (Fsp3) is 0.875. The van der Waals surface area contributed by atoms with Crippen molar-refractivity contribution in [1.82, 2.24) is 9.80 Å². The van der Waals surface area contributed by atoms with E-state index in [1.807, 2.05) is 46.4 Å². The monoisotopic (exact) mass is 311 g/mol. The predicted molar refractivity (Wildman–Crippen MR) is 84.3 cm³/mol. The van der Waals surface area contributed by atoms with E-state index >= 15 is 0 Å². The first-order chi connectivity index (χ1) is 9.90. The molecule has 0 aromatic rings. The molecule has 0 aliphatic carbocycles. The number of carbonyl (C=O) groups is 2. The minimum absolute atomic E-state index is 0.0103. The quantitative estimate of drug-likeness (QED) is 0.797. The summed E-state index contributed by atoms with van der Waals surface area (Å²) in [5.41, 5.74) is 5.33. The minimum atomic E-state index is -0.512. The van der Waals surface area contributed by atoms with Crippen LogP contribution in [0.15, 0.2) is 0 Å². The topological polar surface area (TPSA) is 75.9 Å². The van der Waals surface area contributed by atoms with Crippen molar-refractivity contribution in [3.8, 4) is 0 Å². The Hall–Kier alpha value is -1.30. The number of piperazine rings is 1. The molecule has 3 atom stereocenters. The Balaban J connectivity index is 1.98. The lowest BCUT2D eigenvalue weighted by molar-refractivity contribution is -0.137. The number of nitrogens with zero attached hydrogens (tertiary/aromatic N) is 2. The molecule has 2 amide bonds. The van der Waals surface area contributed by atoms with E-state index in [1.54, 1.807) is 4.90 Å². The van der Waals surface area contributed by atoms with E-state index in [0.717, 1.165) is 6.42 Å². The molecule has 6 heteroatoms. The number of amides is 2. The van der Waals surface area contributed by atoms with Crippen molar-refractivity contribution in [1.29, 1.82) is 0 Å². The van der Waals surface area contributed by atoms with Gasteiger partial charge in [0, 0.05) is 13.1 Å². The maximum atomic E-state index is 12.6. The molecule has 126 valence electrons. The van der Waals surface area contributed by atoms with Gasteiger partial charge in [-0.1, -0.05) is 20.8 Å². The van der Waals surface area contributed by atoms with Crippen LogP contribution in [0.1, 0.15) is 48.0 Å². The van der Waals surface area contributed by atoms with Crippen molar-refractivity contribution < 1.29 is 14.3 Å². The number of hydrogen-bond acceptors (Lipinski definition) is 4. The van der Waals surface area contributed by atoms with Gasteiger partial charge in [-0.05, 0) is 32.6 Å². The molecule has 1 unspecified atom stereocenters. The maximum Gasteiger partial charge on any atom is 0.410 e. The van der Waals surface area contributed by atoms with Gasteiger partial charge in [-0.15, -0.1) is 0 Å². The summed E-state index contributed by atoms with van der Waals surface area (Å²) in [5, 5.41) is 0. The summed E-state index contributed by atoms with van der Waals surface area (Å²) in [6.07, 6.45) is 0.536. The molecule has 0 aromatic heterocycles. The van der Waals surface area contributed by atoms with Crippen LogP contribution in [0.4, 0.5) is 4.79 Å². The molecule has 0 saturated carbocycles. The van der Waals surface area contributed by atoms with Crippen molar-refractivity contribution in [3.05, 3.63) is 0 Å². The van der Waals surface area contributed by atoms with Crippen LogP contribution in [0.3, 0.4) is 0 Å². The van der Waals surface area contributed by atoms with Crippen LogP contribution in [0.5, 0.6) is 0 Å². The highest BCUT2D eigenvalue weighted by Gasteiger charge is 2.49. The third-order valence-electron chi connectivity index (χ3n) is 4.35. The van der Waals surface area contributed by atoms with Crippen LogP contribution in [0, 0.1) is 5.41 Å². The van der Waals surface area contributed by atoms with Gasteiger partial charge in [0.25, 0.3) is 0 Å². The summed E-state index contributed by atoms with van der Waals surface area (Å²) in [6.45, 7) is 12.6. The first-order valence-corrected chi connectivity index (χ1v) is 7.96. The summed E-state index contributed by atoms with van der Waals surface area (Å²) < 4.78 is 5.43. The van der Waals surface area contributed by atoms with Crippen molar-refractivity contribution in [3.63, 3.8) is 0 Å². The molecule has 6 nitrogen and oxygen atoms in total. The summed E-state index contributed by atoms with van der Waals surface area (Å²) in [5.74, 6) is -0.0103. The van der Waals surface area contributed by atoms with E-state index in [9.17, 15) is 9.59 Å². The average Bonchev–Trinajstić information content (AvgIpc) is 2.93. The molecule has 2 saturated heterocycles. The van der Waals surface area contributed by atoms with Gasteiger partial charge in [0.15, 0.2) is 0 Å². The molecule has 0 radical (unpaired) electrons. The zero-order valence-corrected chi connectivity index (χ0v) is 14.5. The Bertz CT molecular complexity index is 464. The summed E-state index contributed by atoms with van der Waals surface area (Å²) in [7, 11) is 0. The van der Waals surface area contributed by atoms with Gasteiger partial charge < -0.3 is 20.3 Å². The number of ether oxygens (including phenoxy) is 1. The molecular formula is C16H29N3O3. The second-order valence-electron chi connectivity index (χ2n) is 8.51. The molecule has 2 N–H and O–H groups in total. The molecule has 2 fully saturated rings. The highest BCUT2D eigenvalue weighted by Crippen LogP contribution is 2.33. The number of nitrogens with two attached hydrogens (primary N) is 1. The van der Waals surface area contributed by atoms with E-state index in [2.05, 4.69) is 0 Å². The van der Waals surface area contributed by atoms with Gasteiger partial charge in [-0.3, -0.25) is 4.79 Å². The van der Waals surface area contributed by atoms with E-state index in [0.29, 0.717) is 13.1 Å². The Kier molecular flexibility index (Phi) is 4.19. The largest absolute Gasteiger partial charge is 0.444 e. The van der Waals surface area contributed by atoms with Crippen molar-refractivity contribution in [2.75, 3.05) is 13.1 Å². The molecule has 2 bridgehead atoms. The van der Waals surface area contributed by atoms with Crippen LogP contribution in [0.2, 0.25) is 0 Å². The number of likely N-dealkylation sites (tertiary alicyclic amines) is 2. The Morgan fingerprint density at radius 1 is 1.05 bits per heavy atom. The van der Waals surface area contributed by atoms with Gasteiger partial charge in [-0.25, -0.2) is 4.79 Å². The summed E-state index contributed by atoms with van der Waals surface area (Å²) in [6, 6.07) is -0.392. The summed E-state index contributed by atoms with van der Waals surface area (Å²) >= 11 is 0. The van der Waals surface area contributed by atoms with Crippen LogP contribution in [-0.4, -0.2) is 58.6 Å². The van der Waals surface area contributed by atoms with Gasteiger partial charge in [0.05, 0.1) is 18.1 Å². The molecule has 0 spiro atoms. The van der Waals surface area contributed by atoms with E-state index in [1.165, 1.54) is 0 Å². The molecule has 0 aromatic carbocycles. The van der Waals surface area contributed by atoms with Crippen LogP contribution in [-0.2, 0) is 9.53 Å². The smallest absolute Gasteiger partial charge is 0.410 e. The molecule has 2 heterocycles. The van der Waals surface area contributed by atoms with Gasteiger partial charge in [-0.2, -0.15) is 0 Å². The number of carbonyl (C=O) groups excluding carboxylic acids is 2. The van der Waals surface area contributed by atoms with Crippen molar-refractivity contribution in [2.45, 2.75) is 71.7 Å². The second kappa shape index (κ2) is 5.41. The van der Waals surface area contributed by atoms with Gasteiger partial charge >= 0.3 is 6.09 Å². The number of fused-ring (bicyclic) bond motifs is 2. The van der Waals surface area contributed by atoms with Gasteiger partial charge in [0.1, 0.15) is 5.60 Å². The molecule has 2 aliphatic rings. The van der Waals surface area contributed by atoms with Crippen LogP contribution >= 0.6 is 0 Å². The third kappa shape index (κ3) is 3.37. The Labute approximate surface area is 132 Å². The number of hydrogen-bond donors (Lipinski definition) is 1. The van der Waals surface area contributed by atoms with Crippen LogP contribution < -0.4 is 5.73 Å². The first kappa shape index (κ1) is 17.1. The fourth-order valence-electron chi connectivity index (χ4n) is 3.03. The zero-order valence-electron chi connectivity index (χ0n) is 14.5. The summed E-state index contributed by atoms with van der Waals surface area (Å²) in [4.78, 5) is 28.4. The van der Waals surface area contributed by atoms with Gasteiger partial charge in [0.2, 0.25) is 5.91 Å². The van der Waals surface area contributed by atoms with E-state index in [-0.39, 0.29) is 29.5 Å². The normalized spacial score (nSPS) is 26.3. The number of rotatable bonds is 1. The lowest BCUT2D eigenvalue weighted by Gasteiger charge is -2.38. The standard InChI is InChI=1S/C16H29N3O3/c1-15(2,3)12(17)13(20)18-8-11-7-10(18)9-19(11)14(21)22-16(4,5)6/h10-12H,7-9,17H2,1-6H3/t10?,11-,12+/m0/s1. The van der Waals surface area contributed by atoms with Crippen molar-refractivity contribution in [2.24, 2.45) is 11.1 Å². The zero-order chi connectivity index (χ0) is 16.9. The highest BCUT2D eigenvalue weighted by atomic mass is 16.6. The SMILES string of the molecule is CC(C)(C)OC(=O)N1CC2C[C@H]1CN2C(=O)[C@@H](N)C(C)(C)C. The van der Waals surface area contributed by atoms with E-state index in [4.69, 9.17) is 10.5 Å². The minimum Gasteiger partial charge on any atom is -0.444 e. The Morgan fingerprint density at radius 3 is 1.95 bits per heavy atom. The fourth-order valence-corrected chi connectivity index (χ4v) is 3.03. The van der Waals surface area contributed by atoms with Crippen LogP contribution in [0.25, 0.3) is 0 Å². The average molecular weight is 311 g/mol. The Morgan fingerprint density at radius 2 is 1.55 bits per heavy atom. The predicted octanol–water partition coefficient (Wildman–Crippen LogP) is 1.58. The molecule has 2 aliphatic heterocycles. The van der Waals surface area contributed by atoms with E-state index < -0.39 is 11.6 Å². The highest BCUT2D eigenvalue weighted by molar-refractivity contribution is 5.83. The maximum absolute atomic E-state index is 12.6.